The van der Waals surface area contributed by atoms with Gasteiger partial charge in [0.25, 0.3) is 5.91 Å². The topological polar surface area (TPSA) is 96.0 Å². The second-order valence-electron chi connectivity index (χ2n) is 11.7. The van der Waals surface area contributed by atoms with E-state index >= 15 is 0 Å². The van der Waals surface area contributed by atoms with Gasteiger partial charge in [-0.25, -0.2) is 4.98 Å². The zero-order valence-corrected chi connectivity index (χ0v) is 24.1. The van der Waals surface area contributed by atoms with Gasteiger partial charge in [0.05, 0.1) is 17.5 Å². The number of hydrogen-bond acceptors (Lipinski definition) is 7. The zero-order valence-electron chi connectivity index (χ0n) is 24.1. The molecular weight excluding hydrogens is 575 g/mol. The van der Waals surface area contributed by atoms with E-state index in [1.165, 1.54) is 12.1 Å². The first-order valence-corrected chi connectivity index (χ1v) is 14.9. The van der Waals surface area contributed by atoms with Crippen molar-refractivity contribution in [3.05, 3.63) is 76.5 Å². The van der Waals surface area contributed by atoms with Crippen molar-refractivity contribution >= 4 is 17.6 Å². The number of anilines is 1. The lowest BCUT2D eigenvalue weighted by Crippen LogP contribution is -2.45. The normalized spacial score (nSPS) is 22.7. The molecule has 0 radical (unpaired) electrons. The molecule has 3 aromatic rings. The summed E-state index contributed by atoms with van der Waals surface area (Å²) >= 11 is 0. The molecule has 0 spiro atoms. The highest BCUT2D eigenvalue weighted by Crippen LogP contribution is 2.54. The molecule has 230 valence electrons. The Morgan fingerprint density at radius 2 is 1.89 bits per heavy atom. The number of aromatic nitrogens is 1. The van der Waals surface area contributed by atoms with E-state index in [1.54, 1.807) is 18.3 Å². The zero-order chi connectivity index (χ0) is 30.6. The van der Waals surface area contributed by atoms with Crippen LogP contribution in [0.2, 0.25) is 0 Å². The van der Waals surface area contributed by atoms with Crippen molar-refractivity contribution in [3.63, 3.8) is 0 Å². The van der Waals surface area contributed by atoms with Crippen LogP contribution in [0.25, 0.3) is 0 Å². The van der Waals surface area contributed by atoms with Crippen molar-refractivity contribution in [3.8, 4) is 17.2 Å². The Kier molecular flexibility index (Phi) is 7.20. The number of piperazine rings is 1. The fourth-order valence-corrected chi connectivity index (χ4v) is 6.41. The van der Waals surface area contributed by atoms with E-state index in [0.717, 1.165) is 36.8 Å². The van der Waals surface area contributed by atoms with Crippen molar-refractivity contribution in [2.45, 2.75) is 50.6 Å². The molecule has 1 saturated heterocycles. The smallest absolute Gasteiger partial charge is 0.416 e. The van der Waals surface area contributed by atoms with Gasteiger partial charge in [0.15, 0.2) is 0 Å². The molecule has 2 amide bonds. The first-order chi connectivity index (χ1) is 21.2. The Labute approximate surface area is 252 Å². The molecule has 3 atom stereocenters. The summed E-state index contributed by atoms with van der Waals surface area (Å²) in [5, 5.41) is 5.64. The number of benzene rings is 2. The Bertz CT molecular complexity index is 1620. The summed E-state index contributed by atoms with van der Waals surface area (Å²) in [6, 6.07) is 10.7. The van der Waals surface area contributed by atoms with Crippen LogP contribution in [-0.2, 0) is 23.9 Å². The fraction of sp³-hybridized carbons (Fsp3) is 0.406. The minimum atomic E-state index is -4.58. The summed E-state index contributed by atoms with van der Waals surface area (Å²) in [6.45, 7) is 6.25. The van der Waals surface area contributed by atoms with Crippen LogP contribution in [0.4, 0.5) is 19.0 Å². The van der Waals surface area contributed by atoms with Gasteiger partial charge in [-0.15, -0.1) is 0 Å². The number of nitrogens with one attached hydrogen (secondary N) is 2. The number of carbonyl (C=O) groups excluding carboxylic acids is 2. The second kappa shape index (κ2) is 11.1. The van der Waals surface area contributed by atoms with Gasteiger partial charge in [0, 0.05) is 62.0 Å². The quantitative estimate of drug-likeness (QED) is 0.406. The molecule has 1 aliphatic carbocycles. The number of carbonyl (C=O) groups is 2. The maximum absolute atomic E-state index is 14.1. The molecule has 1 saturated carbocycles. The van der Waals surface area contributed by atoms with Crippen molar-refractivity contribution in [1.29, 1.82) is 0 Å². The number of alkyl halides is 3. The fourth-order valence-electron chi connectivity index (χ4n) is 6.41. The van der Waals surface area contributed by atoms with Crippen LogP contribution < -0.4 is 20.1 Å². The van der Waals surface area contributed by atoms with E-state index in [0.29, 0.717) is 49.0 Å². The van der Waals surface area contributed by atoms with Crippen LogP contribution in [0.15, 0.2) is 48.7 Å². The molecule has 4 heterocycles. The summed E-state index contributed by atoms with van der Waals surface area (Å²) in [4.78, 5) is 33.4. The summed E-state index contributed by atoms with van der Waals surface area (Å²) in [5.74, 6) is 1.55. The summed E-state index contributed by atoms with van der Waals surface area (Å²) < 4.78 is 54.4. The number of pyridine rings is 1. The van der Waals surface area contributed by atoms with E-state index < -0.39 is 17.6 Å². The lowest BCUT2D eigenvalue weighted by Gasteiger charge is -2.34. The van der Waals surface area contributed by atoms with Crippen molar-refractivity contribution in [2.75, 3.05) is 38.0 Å². The number of hydrogen-bond donors (Lipinski definition) is 2. The van der Waals surface area contributed by atoms with Crippen molar-refractivity contribution in [1.82, 2.24) is 20.1 Å². The molecule has 3 aliphatic heterocycles. The van der Waals surface area contributed by atoms with Gasteiger partial charge in [-0.05, 0) is 54.9 Å². The largest absolute Gasteiger partial charge is 0.487 e. The van der Waals surface area contributed by atoms with Crippen LogP contribution in [0.3, 0.4) is 0 Å². The maximum Gasteiger partial charge on any atom is 0.416 e. The van der Waals surface area contributed by atoms with Crippen LogP contribution in [-0.4, -0.2) is 71.5 Å². The lowest BCUT2D eigenvalue weighted by molar-refractivity contribution is -0.138. The number of fused-ring (bicyclic) bond motifs is 4. The average Bonchev–Trinajstić information content (AvgIpc) is 3.53. The van der Waals surface area contributed by atoms with Crippen LogP contribution in [0, 0.1) is 0 Å². The number of rotatable bonds is 7. The standard InChI is InChI=1S/C32H32F3N5O4/c1-2-39-11-13-40(14-12-39)17-19-4-3-18(15-23(19)32(33,34)35)31(42)38-28-27-22-16-20(5-7-24(22)44-29(27)28)43-25-9-10-36-30-21(25)6-8-26(41)37-30/h3-5,7,9-10,15-16,27-29H,2,6,8,11-14,17H2,1H3,(H,38,42)(H,36,37,41). The van der Waals surface area contributed by atoms with Gasteiger partial charge < -0.3 is 25.0 Å². The van der Waals surface area contributed by atoms with E-state index in [9.17, 15) is 22.8 Å². The second-order valence-corrected chi connectivity index (χ2v) is 11.7. The van der Waals surface area contributed by atoms with Gasteiger partial charge >= 0.3 is 6.18 Å². The molecule has 12 heteroatoms. The predicted molar refractivity (Wildman–Crippen MR) is 155 cm³/mol. The predicted octanol–water partition coefficient (Wildman–Crippen LogP) is 4.57. The summed E-state index contributed by atoms with van der Waals surface area (Å²) in [6.07, 6.45) is -2.43. The summed E-state index contributed by atoms with van der Waals surface area (Å²) in [7, 11) is 0. The van der Waals surface area contributed by atoms with Crippen LogP contribution >= 0.6 is 0 Å². The number of nitrogens with zero attached hydrogens (tertiary/aromatic N) is 3. The van der Waals surface area contributed by atoms with Crippen molar-refractivity contribution < 1.29 is 32.2 Å². The molecule has 2 N–H and O–H groups in total. The molecule has 44 heavy (non-hydrogen) atoms. The van der Waals surface area contributed by atoms with E-state index in [4.69, 9.17) is 9.47 Å². The highest BCUT2D eigenvalue weighted by atomic mass is 19.4. The van der Waals surface area contributed by atoms with E-state index in [-0.39, 0.29) is 41.6 Å². The van der Waals surface area contributed by atoms with Gasteiger partial charge in [-0.2, -0.15) is 13.2 Å². The number of ether oxygens (including phenoxy) is 2. The lowest BCUT2D eigenvalue weighted by atomic mass is 10.0. The van der Waals surface area contributed by atoms with Gasteiger partial charge in [0.1, 0.15) is 29.2 Å². The molecule has 9 nitrogen and oxygen atoms in total. The van der Waals surface area contributed by atoms with Crippen molar-refractivity contribution in [2.24, 2.45) is 0 Å². The number of amides is 2. The minimum absolute atomic E-state index is 0.0336. The van der Waals surface area contributed by atoms with Gasteiger partial charge in [0.2, 0.25) is 5.91 Å². The molecule has 4 aliphatic rings. The third-order valence-electron chi connectivity index (χ3n) is 8.94. The highest BCUT2D eigenvalue weighted by molar-refractivity contribution is 5.95. The third kappa shape index (κ3) is 5.48. The Hall–Kier alpha value is -4.16. The molecule has 3 unspecified atom stereocenters. The maximum atomic E-state index is 14.1. The Morgan fingerprint density at radius 3 is 2.66 bits per heavy atom. The Balaban J connectivity index is 1.03. The molecule has 2 fully saturated rings. The van der Waals surface area contributed by atoms with E-state index in [1.807, 2.05) is 17.0 Å². The molecular formula is C32H32F3N5O4. The minimum Gasteiger partial charge on any atom is -0.487 e. The average molecular weight is 608 g/mol. The van der Waals surface area contributed by atoms with Gasteiger partial charge in [-0.1, -0.05) is 13.0 Å². The monoisotopic (exact) mass is 607 g/mol. The molecule has 0 bridgehead atoms. The van der Waals surface area contributed by atoms with Crippen LogP contribution in [0.1, 0.15) is 51.9 Å². The van der Waals surface area contributed by atoms with Crippen LogP contribution in [0.5, 0.6) is 17.2 Å². The third-order valence-corrected chi connectivity index (χ3v) is 8.94. The molecule has 7 rings (SSSR count). The first-order valence-electron chi connectivity index (χ1n) is 14.9. The summed E-state index contributed by atoms with van der Waals surface area (Å²) in [5.41, 5.74) is 1.05. The van der Waals surface area contributed by atoms with E-state index in [2.05, 4.69) is 27.4 Å². The SMILES string of the molecule is CCN1CCN(Cc2ccc(C(=O)NC3C4Oc5ccc(Oc6ccnc7c6CCC(=O)N7)cc5C34)cc2C(F)(F)F)CC1. The number of likely N-dealkylation sites (N-methyl/N-ethyl adjacent to an activating group) is 1. The van der Waals surface area contributed by atoms with Gasteiger partial charge in [-0.3, -0.25) is 14.5 Å². The Morgan fingerprint density at radius 1 is 1.09 bits per heavy atom. The molecule has 1 aromatic heterocycles. The highest BCUT2D eigenvalue weighted by Gasteiger charge is 2.59. The molecule has 2 aromatic carbocycles. The number of halogens is 3. The first kappa shape index (κ1) is 28.6.